The van der Waals surface area contributed by atoms with Crippen LogP contribution in [-0.4, -0.2) is 19.6 Å². The van der Waals surface area contributed by atoms with Crippen molar-refractivity contribution in [3.63, 3.8) is 0 Å². The van der Waals surface area contributed by atoms with Crippen LogP contribution in [0.25, 0.3) is 0 Å². The lowest BCUT2D eigenvalue weighted by Gasteiger charge is -2.12. The highest BCUT2D eigenvalue weighted by molar-refractivity contribution is 9.10. The van der Waals surface area contributed by atoms with Crippen LogP contribution in [0.2, 0.25) is 0 Å². The number of methoxy groups -OCH3 is 1. The van der Waals surface area contributed by atoms with Crippen molar-refractivity contribution in [1.29, 1.82) is 0 Å². The predicted octanol–water partition coefficient (Wildman–Crippen LogP) is 4.88. The Labute approximate surface area is 157 Å². The number of carbonyl (C=O) groups excluding carboxylic acids is 1. The highest BCUT2D eigenvalue weighted by atomic mass is 79.9. The fourth-order valence-corrected chi connectivity index (χ4v) is 2.66. The van der Waals surface area contributed by atoms with Gasteiger partial charge in [0.25, 0.3) is 5.91 Å². The molecular formula is C20H24BrNO3. The molecule has 25 heavy (non-hydrogen) atoms. The number of amides is 1. The number of unbranched alkanes of at least 4 members (excludes halogenated alkanes) is 1. The third-order valence-electron chi connectivity index (χ3n) is 3.87. The minimum atomic E-state index is -0.108. The van der Waals surface area contributed by atoms with E-state index in [4.69, 9.17) is 9.47 Å². The van der Waals surface area contributed by atoms with E-state index in [0.29, 0.717) is 24.5 Å². The number of nitrogens with one attached hydrogen (secondary N) is 1. The fourth-order valence-electron chi connectivity index (χ4n) is 2.29. The minimum Gasteiger partial charge on any atom is -0.493 e. The Balaban J connectivity index is 1.99. The average molecular weight is 406 g/mol. The fraction of sp³-hybridized carbons (Fsp3) is 0.350. The average Bonchev–Trinajstić information content (AvgIpc) is 2.62. The maximum absolute atomic E-state index is 12.3. The summed E-state index contributed by atoms with van der Waals surface area (Å²) in [4.78, 5) is 12.3. The molecule has 2 rings (SSSR count). The molecule has 0 aliphatic carbocycles. The van der Waals surface area contributed by atoms with Crippen molar-refractivity contribution in [2.24, 2.45) is 0 Å². The van der Waals surface area contributed by atoms with Gasteiger partial charge in [-0.15, -0.1) is 0 Å². The standard InChI is InChI=1S/C20H24BrNO3/c1-4-5-10-25-18-9-7-15(11-19(18)24-3)13-22-20(23)16-8-6-14(2)17(21)12-16/h6-9,11-12H,4-5,10,13H2,1-3H3,(H,22,23). The molecule has 2 aromatic rings. The Morgan fingerprint density at radius 1 is 1.16 bits per heavy atom. The minimum absolute atomic E-state index is 0.108. The summed E-state index contributed by atoms with van der Waals surface area (Å²) in [5.41, 5.74) is 2.68. The van der Waals surface area contributed by atoms with Crippen LogP contribution in [0.1, 0.15) is 41.3 Å². The number of aryl methyl sites for hydroxylation is 1. The van der Waals surface area contributed by atoms with Gasteiger partial charge < -0.3 is 14.8 Å². The molecule has 0 aromatic heterocycles. The normalized spacial score (nSPS) is 10.4. The highest BCUT2D eigenvalue weighted by Crippen LogP contribution is 2.28. The molecule has 0 bridgehead atoms. The zero-order valence-electron chi connectivity index (χ0n) is 14.9. The largest absolute Gasteiger partial charge is 0.493 e. The Kier molecular flexibility index (Phi) is 7.31. The first-order valence-electron chi connectivity index (χ1n) is 8.39. The summed E-state index contributed by atoms with van der Waals surface area (Å²) in [6.07, 6.45) is 2.09. The van der Waals surface area contributed by atoms with Crippen LogP contribution in [-0.2, 0) is 6.54 Å². The van der Waals surface area contributed by atoms with Crippen molar-refractivity contribution in [2.45, 2.75) is 33.2 Å². The van der Waals surface area contributed by atoms with Gasteiger partial charge in [0.05, 0.1) is 13.7 Å². The van der Waals surface area contributed by atoms with E-state index in [-0.39, 0.29) is 5.91 Å². The molecule has 0 saturated heterocycles. The summed E-state index contributed by atoms with van der Waals surface area (Å²) < 4.78 is 12.0. The van der Waals surface area contributed by atoms with Crippen LogP contribution in [0.5, 0.6) is 11.5 Å². The van der Waals surface area contributed by atoms with Gasteiger partial charge in [0.15, 0.2) is 11.5 Å². The highest BCUT2D eigenvalue weighted by Gasteiger charge is 2.09. The number of hydrogen-bond donors (Lipinski definition) is 1. The zero-order valence-corrected chi connectivity index (χ0v) is 16.5. The van der Waals surface area contributed by atoms with Crippen molar-refractivity contribution < 1.29 is 14.3 Å². The number of ether oxygens (including phenoxy) is 2. The number of halogens is 1. The molecule has 5 heteroatoms. The van der Waals surface area contributed by atoms with E-state index in [0.717, 1.165) is 34.2 Å². The Morgan fingerprint density at radius 2 is 1.96 bits per heavy atom. The summed E-state index contributed by atoms with van der Waals surface area (Å²) in [6, 6.07) is 11.3. The smallest absolute Gasteiger partial charge is 0.251 e. The zero-order chi connectivity index (χ0) is 18.2. The molecule has 0 unspecified atom stereocenters. The SMILES string of the molecule is CCCCOc1ccc(CNC(=O)c2ccc(C)c(Br)c2)cc1OC. The van der Waals surface area contributed by atoms with E-state index < -0.39 is 0 Å². The predicted molar refractivity (Wildman–Crippen MR) is 103 cm³/mol. The van der Waals surface area contributed by atoms with Crippen LogP contribution >= 0.6 is 15.9 Å². The van der Waals surface area contributed by atoms with Crippen molar-refractivity contribution >= 4 is 21.8 Å². The number of hydrogen-bond acceptors (Lipinski definition) is 3. The molecule has 0 spiro atoms. The van der Waals surface area contributed by atoms with E-state index in [1.165, 1.54) is 0 Å². The van der Waals surface area contributed by atoms with Gasteiger partial charge in [-0.05, 0) is 48.7 Å². The number of carbonyl (C=O) groups is 1. The summed E-state index contributed by atoms with van der Waals surface area (Å²) >= 11 is 3.45. The van der Waals surface area contributed by atoms with Gasteiger partial charge in [0, 0.05) is 16.6 Å². The topological polar surface area (TPSA) is 47.6 Å². The van der Waals surface area contributed by atoms with Crippen LogP contribution in [0.4, 0.5) is 0 Å². The van der Waals surface area contributed by atoms with E-state index >= 15 is 0 Å². The second-order valence-corrected chi connectivity index (χ2v) is 6.69. The van der Waals surface area contributed by atoms with Gasteiger partial charge in [0.2, 0.25) is 0 Å². The van der Waals surface area contributed by atoms with Crippen LogP contribution in [0.3, 0.4) is 0 Å². The number of benzene rings is 2. The van der Waals surface area contributed by atoms with Gasteiger partial charge in [-0.2, -0.15) is 0 Å². The molecular weight excluding hydrogens is 382 g/mol. The molecule has 0 aliphatic heterocycles. The molecule has 0 radical (unpaired) electrons. The summed E-state index contributed by atoms with van der Waals surface area (Å²) in [6.45, 7) is 5.21. The van der Waals surface area contributed by atoms with Crippen molar-refractivity contribution in [2.75, 3.05) is 13.7 Å². The first kappa shape index (κ1) is 19.3. The van der Waals surface area contributed by atoms with E-state index in [2.05, 4.69) is 28.2 Å². The molecule has 2 aromatic carbocycles. The third-order valence-corrected chi connectivity index (χ3v) is 4.72. The van der Waals surface area contributed by atoms with Crippen molar-refractivity contribution in [3.05, 3.63) is 57.6 Å². The van der Waals surface area contributed by atoms with Crippen molar-refractivity contribution in [1.82, 2.24) is 5.32 Å². The molecule has 4 nitrogen and oxygen atoms in total. The monoisotopic (exact) mass is 405 g/mol. The van der Waals surface area contributed by atoms with E-state index in [9.17, 15) is 4.79 Å². The Hall–Kier alpha value is -2.01. The molecule has 1 amide bonds. The quantitative estimate of drug-likeness (QED) is 0.636. The molecule has 0 saturated carbocycles. The molecule has 1 N–H and O–H groups in total. The lowest BCUT2D eigenvalue weighted by Crippen LogP contribution is -2.22. The van der Waals surface area contributed by atoms with Gasteiger partial charge in [-0.3, -0.25) is 4.79 Å². The molecule has 0 heterocycles. The molecule has 0 fully saturated rings. The molecule has 134 valence electrons. The first-order chi connectivity index (χ1) is 12.0. The summed E-state index contributed by atoms with van der Waals surface area (Å²) in [5, 5.41) is 2.93. The first-order valence-corrected chi connectivity index (χ1v) is 9.18. The Bertz CT molecular complexity index is 731. The van der Waals surface area contributed by atoms with E-state index in [1.807, 2.05) is 43.3 Å². The third kappa shape index (κ3) is 5.49. The van der Waals surface area contributed by atoms with Crippen LogP contribution < -0.4 is 14.8 Å². The maximum Gasteiger partial charge on any atom is 0.251 e. The second-order valence-electron chi connectivity index (χ2n) is 5.83. The van der Waals surface area contributed by atoms with Crippen molar-refractivity contribution in [3.8, 4) is 11.5 Å². The van der Waals surface area contributed by atoms with Gasteiger partial charge in [-0.25, -0.2) is 0 Å². The lowest BCUT2D eigenvalue weighted by atomic mass is 10.1. The maximum atomic E-state index is 12.3. The lowest BCUT2D eigenvalue weighted by molar-refractivity contribution is 0.0951. The van der Waals surface area contributed by atoms with Crippen LogP contribution in [0.15, 0.2) is 40.9 Å². The van der Waals surface area contributed by atoms with Gasteiger partial charge in [-0.1, -0.05) is 41.4 Å². The van der Waals surface area contributed by atoms with Gasteiger partial charge >= 0.3 is 0 Å². The number of rotatable bonds is 8. The van der Waals surface area contributed by atoms with E-state index in [1.54, 1.807) is 7.11 Å². The summed E-state index contributed by atoms with van der Waals surface area (Å²) in [5.74, 6) is 1.30. The second kappa shape index (κ2) is 9.47. The van der Waals surface area contributed by atoms with Gasteiger partial charge in [0.1, 0.15) is 0 Å². The molecule has 0 aliphatic rings. The van der Waals surface area contributed by atoms with Crippen LogP contribution in [0, 0.1) is 6.92 Å². The Morgan fingerprint density at radius 3 is 2.64 bits per heavy atom. The molecule has 0 atom stereocenters. The summed E-state index contributed by atoms with van der Waals surface area (Å²) in [7, 11) is 1.62.